The van der Waals surface area contributed by atoms with Crippen molar-refractivity contribution in [2.75, 3.05) is 6.54 Å². The fraction of sp³-hybridized carbons (Fsp3) is 1.00. The lowest BCUT2D eigenvalue weighted by atomic mass is 9.53. The van der Waals surface area contributed by atoms with E-state index in [1.165, 1.54) is 6.92 Å². The zero-order chi connectivity index (χ0) is 14.8. The summed E-state index contributed by atoms with van der Waals surface area (Å²) in [5.41, 5.74) is 11.5. The summed E-state index contributed by atoms with van der Waals surface area (Å²) in [6.07, 6.45) is 3.68. The second kappa shape index (κ2) is 6.28. The van der Waals surface area contributed by atoms with Crippen LogP contribution in [-0.4, -0.2) is 17.7 Å². The van der Waals surface area contributed by atoms with Gasteiger partial charge < -0.3 is 11.5 Å². The Labute approximate surface area is 122 Å². The molecule has 6 unspecified atom stereocenters. The van der Waals surface area contributed by atoms with Crippen molar-refractivity contribution in [3.8, 4) is 0 Å². The monoisotopic (exact) mass is 292 g/mol. The van der Waals surface area contributed by atoms with Gasteiger partial charge in [0, 0.05) is 11.5 Å². The molecule has 0 aromatic heterocycles. The van der Waals surface area contributed by atoms with Gasteiger partial charge >= 0.3 is 0 Å². The van der Waals surface area contributed by atoms with Gasteiger partial charge in [0.1, 0.15) is 0 Å². The normalized spacial score (nSPS) is 38.5. The van der Waals surface area contributed by atoms with Crippen LogP contribution in [0.3, 0.4) is 0 Å². The summed E-state index contributed by atoms with van der Waals surface area (Å²) < 4.78 is 14.9. The van der Waals surface area contributed by atoms with Crippen molar-refractivity contribution in [1.82, 2.24) is 0 Å². The van der Waals surface area contributed by atoms with Gasteiger partial charge in [0.15, 0.2) is 5.13 Å². The molecule has 0 amide bonds. The van der Waals surface area contributed by atoms with Crippen LogP contribution in [0.1, 0.15) is 53.4 Å². The van der Waals surface area contributed by atoms with Crippen molar-refractivity contribution in [2.24, 2.45) is 34.6 Å². The molecule has 1 aliphatic rings. The minimum absolute atomic E-state index is 0.00433. The molecule has 0 radical (unpaired) electrons. The van der Waals surface area contributed by atoms with Crippen molar-refractivity contribution in [2.45, 2.75) is 64.5 Å². The molecule has 0 heterocycles. The highest BCUT2D eigenvalue weighted by Crippen LogP contribution is 2.59. The van der Waals surface area contributed by atoms with Gasteiger partial charge in [-0.15, -0.1) is 0 Å². The van der Waals surface area contributed by atoms with Crippen LogP contribution in [0.25, 0.3) is 0 Å². The first kappa shape index (κ1) is 17.2. The molecular weight excluding hydrogens is 263 g/mol. The molecule has 0 aromatic carbocycles. The molecular formula is C15H30ClFN2. The molecule has 1 saturated carbocycles. The Kier molecular flexibility index (Phi) is 5.68. The summed E-state index contributed by atoms with van der Waals surface area (Å²) in [5, 5.41) is -1.77. The smallest absolute Gasteiger partial charge is 0.187 e. The molecule has 2 nitrogen and oxygen atoms in total. The van der Waals surface area contributed by atoms with Gasteiger partial charge in [0.25, 0.3) is 0 Å². The predicted octanol–water partition coefficient (Wildman–Crippen LogP) is 3.67. The topological polar surface area (TPSA) is 52.0 Å². The highest BCUT2D eigenvalue weighted by atomic mass is 35.5. The van der Waals surface area contributed by atoms with Gasteiger partial charge in [0.2, 0.25) is 0 Å². The number of halogens is 2. The second-order valence-electron chi connectivity index (χ2n) is 6.63. The number of alkyl halides is 2. The lowest BCUT2D eigenvalue weighted by Gasteiger charge is -2.55. The van der Waals surface area contributed by atoms with E-state index in [9.17, 15) is 4.39 Å². The zero-order valence-corrected chi connectivity index (χ0v) is 13.5. The minimum Gasteiger partial charge on any atom is -0.330 e. The van der Waals surface area contributed by atoms with Crippen molar-refractivity contribution in [3.05, 3.63) is 0 Å². The third-order valence-electron chi connectivity index (χ3n) is 5.36. The van der Waals surface area contributed by atoms with Crippen LogP contribution in [0.4, 0.5) is 4.39 Å². The molecule has 6 atom stereocenters. The fourth-order valence-electron chi connectivity index (χ4n) is 4.15. The lowest BCUT2D eigenvalue weighted by molar-refractivity contribution is -0.0826. The molecule has 114 valence electrons. The number of nitrogens with two attached hydrogens (primary N) is 2. The maximum absolute atomic E-state index is 14.9. The number of hydrogen-bond acceptors (Lipinski definition) is 2. The third kappa shape index (κ3) is 3.08. The Bertz CT molecular complexity index is 292. The van der Waals surface area contributed by atoms with Crippen LogP contribution >= 0.6 is 11.6 Å². The van der Waals surface area contributed by atoms with Crippen LogP contribution in [0, 0.1) is 23.2 Å². The average Bonchev–Trinajstić information content (AvgIpc) is 2.35. The Hall–Kier alpha value is 0.140. The van der Waals surface area contributed by atoms with E-state index < -0.39 is 10.5 Å². The maximum Gasteiger partial charge on any atom is 0.187 e. The van der Waals surface area contributed by atoms with Gasteiger partial charge in [-0.3, -0.25) is 0 Å². The molecule has 1 rings (SSSR count). The first-order chi connectivity index (χ1) is 8.70. The van der Waals surface area contributed by atoms with E-state index in [0.717, 1.165) is 25.7 Å². The average molecular weight is 293 g/mol. The van der Waals surface area contributed by atoms with E-state index >= 15 is 0 Å². The summed E-state index contributed by atoms with van der Waals surface area (Å²) in [7, 11) is 0. The van der Waals surface area contributed by atoms with E-state index in [-0.39, 0.29) is 17.9 Å². The second-order valence-corrected chi connectivity index (χ2v) is 7.34. The summed E-state index contributed by atoms with van der Waals surface area (Å²) >= 11 is 6.23. The quantitative estimate of drug-likeness (QED) is 0.760. The molecule has 0 bridgehead atoms. The van der Waals surface area contributed by atoms with E-state index in [1.54, 1.807) is 0 Å². The molecule has 4 heteroatoms. The first-order valence-electron chi connectivity index (χ1n) is 7.54. The Morgan fingerprint density at radius 2 is 2.05 bits per heavy atom. The largest absolute Gasteiger partial charge is 0.330 e. The predicted molar refractivity (Wildman–Crippen MR) is 80.8 cm³/mol. The van der Waals surface area contributed by atoms with Gasteiger partial charge in [-0.05, 0) is 50.5 Å². The van der Waals surface area contributed by atoms with Gasteiger partial charge in [-0.25, -0.2) is 4.39 Å². The van der Waals surface area contributed by atoms with Crippen molar-refractivity contribution >= 4 is 11.6 Å². The standard InChI is InChI=1S/C15H30ClFN2/c1-5-13(19)12-7-6-10(2)8-15(12,11(3)9-18)14(4,16)17/h10-13H,5-9,18-19H2,1-4H3. The molecule has 0 saturated heterocycles. The molecule has 19 heavy (non-hydrogen) atoms. The lowest BCUT2D eigenvalue weighted by Crippen LogP contribution is -2.58. The SMILES string of the molecule is CCC(N)C1CCC(C)CC1(C(C)CN)C(C)(F)Cl. The van der Waals surface area contributed by atoms with Crippen molar-refractivity contribution < 1.29 is 4.39 Å². The van der Waals surface area contributed by atoms with Gasteiger partial charge in [-0.1, -0.05) is 38.8 Å². The summed E-state index contributed by atoms with van der Waals surface area (Å²) in [6.45, 7) is 8.20. The summed E-state index contributed by atoms with van der Waals surface area (Å²) in [6, 6.07) is -0.00433. The molecule has 0 spiro atoms. The van der Waals surface area contributed by atoms with E-state index in [1.807, 2.05) is 6.92 Å². The van der Waals surface area contributed by atoms with Crippen LogP contribution in [0.15, 0.2) is 0 Å². The van der Waals surface area contributed by atoms with E-state index in [2.05, 4.69) is 13.8 Å². The van der Waals surface area contributed by atoms with Crippen molar-refractivity contribution in [1.29, 1.82) is 0 Å². The zero-order valence-electron chi connectivity index (χ0n) is 12.8. The molecule has 0 aromatic rings. The van der Waals surface area contributed by atoms with Crippen LogP contribution in [0.2, 0.25) is 0 Å². The number of hydrogen-bond donors (Lipinski definition) is 2. The van der Waals surface area contributed by atoms with Crippen molar-refractivity contribution in [3.63, 3.8) is 0 Å². The minimum atomic E-state index is -1.77. The third-order valence-corrected chi connectivity index (χ3v) is 5.71. The Balaban J connectivity index is 3.26. The van der Waals surface area contributed by atoms with Crippen LogP contribution in [-0.2, 0) is 0 Å². The van der Waals surface area contributed by atoms with E-state index in [0.29, 0.717) is 12.5 Å². The van der Waals surface area contributed by atoms with Gasteiger partial charge in [0.05, 0.1) is 0 Å². The highest BCUT2D eigenvalue weighted by molar-refractivity contribution is 6.23. The highest BCUT2D eigenvalue weighted by Gasteiger charge is 2.58. The maximum atomic E-state index is 14.9. The number of rotatable bonds is 5. The molecule has 0 aliphatic heterocycles. The fourth-order valence-corrected chi connectivity index (χ4v) is 4.55. The molecule has 1 aliphatic carbocycles. The first-order valence-corrected chi connectivity index (χ1v) is 7.91. The Morgan fingerprint density at radius 1 is 1.47 bits per heavy atom. The summed E-state index contributed by atoms with van der Waals surface area (Å²) in [4.78, 5) is 0. The van der Waals surface area contributed by atoms with Crippen LogP contribution in [0.5, 0.6) is 0 Å². The van der Waals surface area contributed by atoms with E-state index in [4.69, 9.17) is 23.1 Å². The van der Waals surface area contributed by atoms with Gasteiger partial charge in [-0.2, -0.15) is 0 Å². The molecule has 1 fully saturated rings. The van der Waals surface area contributed by atoms with Crippen LogP contribution < -0.4 is 11.5 Å². The molecule has 4 N–H and O–H groups in total. The summed E-state index contributed by atoms with van der Waals surface area (Å²) in [5.74, 6) is 0.619. The Morgan fingerprint density at radius 3 is 2.47 bits per heavy atom.